The number of carbonyl (C=O) groups is 2. The third kappa shape index (κ3) is 5.17. The topological polar surface area (TPSA) is 102 Å². The molecule has 194 valence electrons. The van der Waals surface area contributed by atoms with Crippen molar-refractivity contribution in [3.8, 4) is 0 Å². The van der Waals surface area contributed by atoms with Crippen LogP contribution < -0.4 is 10.6 Å². The number of hydrogen-bond donors (Lipinski definition) is 2. The zero-order chi connectivity index (χ0) is 26.2. The molecule has 4 rings (SSSR count). The molecule has 4 atom stereocenters. The van der Waals surface area contributed by atoms with E-state index in [1.165, 1.54) is 19.2 Å². The van der Waals surface area contributed by atoms with Gasteiger partial charge in [0.2, 0.25) is 0 Å². The number of ether oxygens (including phenoxy) is 1. The molecule has 0 radical (unpaired) electrons. The maximum Gasteiger partial charge on any atom is 0.406 e. The van der Waals surface area contributed by atoms with Crippen molar-refractivity contribution in [2.24, 2.45) is 17.8 Å². The lowest BCUT2D eigenvalue weighted by atomic mass is 9.80. The lowest BCUT2D eigenvalue weighted by Crippen LogP contribution is -2.41. The fourth-order valence-corrected chi connectivity index (χ4v) is 8.28. The molecule has 2 aromatic carbocycles. The number of sulfone groups is 1. The van der Waals surface area contributed by atoms with Crippen molar-refractivity contribution in [2.75, 3.05) is 19.0 Å². The van der Waals surface area contributed by atoms with Crippen LogP contribution in [0.5, 0.6) is 0 Å². The van der Waals surface area contributed by atoms with Crippen molar-refractivity contribution in [1.82, 2.24) is 5.32 Å². The van der Waals surface area contributed by atoms with E-state index in [0.29, 0.717) is 31.5 Å². The highest BCUT2D eigenvalue weighted by molar-refractivity contribution is 7.92. The molecule has 2 aromatic rings. The van der Waals surface area contributed by atoms with Crippen LogP contribution in [-0.2, 0) is 14.6 Å². The zero-order valence-corrected chi connectivity index (χ0v) is 20.8. The number of halogens is 4. The van der Waals surface area contributed by atoms with Gasteiger partial charge in [-0.15, -0.1) is 0 Å². The average molecular weight is 545 g/mol. The number of rotatable bonds is 6. The molecule has 36 heavy (non-hydrogen) atoms. The van der Waals surface area contributed by atoms with Gasteiger partial charge >= 0.3 is 6.09 Å². The Hall–Kier alpha value is -2.79. The van der Waals surface area contributed by atoms with E-state index in [2.05, 4.69) is 15.4 Å². The van der Waals surface area contributed by atoms with Crippen LogP contribution in [0.4, 0.5) is 23.7 Å². The Kier molecular flexibility index (Phi) is 7.51. The molecule has 3 unspecified atom stereocenters. The molecule has 0 spiro atoms. The van der Waals surface area contributed by atoms with Crippen LogP contribution in [0, 0.1) is 35.2 Å². The second-order valence-corrected chi connectivity index (χ2v) is 11.7. The van der Waals surface area contributed by atoms with Crippen LogP contribution in [0.2, 0.25) is 5.02 Å². The zero-order valence-electron chi connectivity index (χ0n) is 19.2. The summed E-state index contributed by atoms with van der Waals surface area (Å²) in [4.78, 5) is 23.9. The van der Waals surface area contributed by atoms with Gasteiger partial charge in [-0.2, -0.15) is 0 Å². The minimum Gasteiger partial charge on any atom is -0.453 e. The van der Waals surface area contributed by atoms with Gasteiger partial charge in [-0.1, -0.05) is 11.6 Å². The Bertz CT molecular complexity index is 1270. The largest absolute Gasteiger partial charge is 0.453 e. The van der Waals surface area contributed by atoms with E-state index in [1.807, 2.05) is 0 Å². The molecule has 0 saturated heterocycles. The number of alkyl carbamates (subject to hydrolysis) is 1. The molecule has 0 aliphatic heterocycles. The highest BCUT2D eigenvalue weighted by Gasteiger charge is 2.50. The summed E-state index contributed by atoms with van der Waals surface area (Å²) in [5.74, 6) is -5.59. The summed E-state index contributed by atoms with van der Waals surface area (Å²) in [6.45, 7) is 0.396. The third-order valence-corrected chi connectivity index (χ3v) is 9.81. The summed E-state index contributed by atoms with van der Waals surface area (Å²) in [7, 11) is -2.65. The van der Waals surface area contributed by atoms with E-state index in [-0.39, 0.29) is 38.9 Å². The van der Waals surface area contributed by atoms with Crippen molar-refractivity contribution >= 4 is 39.1 Å². The number of amides is 2. The van der Waals surface area contributed by atoms with Gasteiger partial charge in [0.25, 0.3) is 5.91 Å². The van der Waals surface area contributed by atoms with Crippen molar-refractivity contribution in [2.45, 2.75) is 35.8 Å². The predicted octanol–water partition coefficient (Wildman–Crippen LogP) is 4.94. The monoisotopic (exact) mass is 544 g/mol. The Labute approximate surface area is 211 Å². The average Bonchev–Trinajstić information content (AvgIpc) is 3.12. The molecule has 0 aromatic heterocycles. The lowest BCUT2D eigenvalue weighted by molar-refractivity contribution is 0.102. The number of hydrogen-bond acceptors (Lipinski definition) is 5. The summed E-state index contributed by atoms with van der Waals surface area (Å²) in [6, 6.07) is 4.96. The number of fused-ring (bicyclic) bond motifs is 2. The first-order valence-electron chi connectivity index (χ1n) is 11.3. The first-order chi connectivity index (χ1) is 17.0. The number of anilines is 1. The normalized spacial score (nSPS) is 23.2. The molecule has 2 bridgehead atoms. The summed E-state index contributed by atoms with van der Waals surface area (Å²) >= 11 is 6.26. The SMILES string of the molecule is COC(=O)NCC1CC2CC[C@@H](C1)C2S(=O)(=O)c1cc(C(=O)Nc2cc(F)c(F)c(F)c2)ccc1Cl. The third-order valence-electron chi connectivity index (χ3n) is 6.93. The molecule has 12 heteroatoms. The van der Waals surface area contributed by atoms with Crippen molar-refractivity contribution in [3.05, 3.63) is 58.4 Å². The minimum absolute atomic E-state index is 0.0423. The van der Waals surface area contributed by atoms with Crippen LogP contribution in [0.3, 0.4) is 0 Å². The van der Waals surface area contributed by atoms with Crippen molar-refractivity contribution < 1.29 is 35.9 Å². The van der Waals surface area contributed by atoms with Crippen LogP contribution >= 0.6 is 11.6 Å². The number of nitrogens with one attached hydrogen (secondary N) is 2. The molecule has 2 saturated carbocycles. The number of methoxy groups -OCH3 is 1. The predicted molar refractivity (Wildman–Crippen MR) is 126 cm³/mol. The highest BCUT2D eigenvalue weighted by Crippen LogP contribution is 2.50. The van der Waals surface area contributed by atoms with E-state index in [0.717, 1.165) is 18.9 Å². The fraction of sp³-hybridized carbons (Fsp3) is 0.417. The minimum atomic E-state index is -3.93. The Morgan fingerprint density at radius 2 is 1.67 bits per heavy atom. The lowest BCUT2D eigenvalue weighted by Gasteiger charge is -2.35. The smallest absolute Gasteiger partial charge is 0.406 e. The van der Waals surface area contributed by atoms with E-state index < -0.39 is 44.5 Å². The molecular formula is C24H24ClF3N2O5S. The van der Waals surface area contributed by atoms with E-state index in [9.17, 15) is 31.2 Å². The van der Waals surface area contributed by atoms with Gasteiger partial charge in [0.1, 0.15) is 0 Å². The Balaban J connectivity index is 1.54. The van der Waals surface area contributed by atoms with Gasteiger partial charge in [-0.05, 0) is 61.6 Å². The van der Waals surface area contributed by atoms with Crippen molar-refractivity contribution in [1.29, 1.82) is 0 Å². The van der Waals surface area contributed by atoms with Gasteiger partial charge in [0.05, 0.1) is 22.3 Å². The highest BCUT2D eigenvalue weighted by atomic mass is 35.5. The molecule has 2 N–H and O–H groups in total. The molecule has 0 heterocycles. The standard InChI is InChI=1S/C24H24ClF3N2O5S/c1-35-24(32)29-11-12-6-13-2-3-14(7-12)22(13)36(33,34)20-8-15(4-5-17(20)25)23(31)30-16-9-18(26)21(28)19(27)10-16/h4-5,8-10,12-14,22H,2-3,6-7,11H2,1H3,(H,29,32)(H,30,31)/t12?,13-,14?,22?/m0/s1. The first kappa shape index (κ1) is 26.3. The maximum atomic E-state index is 13.7. The van der Waals surface area contributed by atoms with E-state index in [4.69, 9.17) is 11.6 Å². The molecule has 2 aliphatic carbocycles. The van der Waals surface area contributed by atoms with Crippen LogP contribution in [-0.4, -0.2) is 39.3 Å². The van der Waals surface area contributed by atoms with Crippen molar-refractivity contribution in [3.63, 3.8) is 0 Å². The van der Waals surface area contributed by atoms with Crippen LogP contribution in [0.15, 0.2) is 35.2 Å². The Morgan fingerprint density at radius 3 is 2.25 bits per heavy atom. The second kappa shape index (κ2) is 10.3. The van der Waals surface area contributed by atoms with Gasteiger partial charge in [-0.25, -0.2) is 26.4 Å². The van der Waals surface area contributed by atoms with Gasteiger partial charge in [-0.3, -0.25) is 4.79 Å². The van der Waals surface area contributed by atoms with Gasteiger partial charge in [0.15, 0.2) is 27.3 Å². The fourth-order valence-electron chi connectivity index (χ4n) is 5.41. The van der Waals surface area contributed by atoms with Crippen LogP contribution in [0.25, 0.3) is 0 Å². The Morgan fingerprint density at radius 1 is 1.06 bits per heavy atom. The van der Waals surface area contributed by atoms with Gasteiger partial charge < -0.3 is 15.4 Å². The van der Waals surface area contributed by atoms with E-state index >= 15 is 0 Å². The number of carbonyl (C=O) groups excluding carboxylic acids is 2. The quantitative estimate of drug-likeness (QED) is 0.501. The van der Waals surface area contributed by atoms with Crippen LogP contribution in [0.1, 0.15) is 36.0 Å². The number of benzene rings is 2. The first-order valence-corrected chi connectivity index (χ1v) is 13.2. The summed E-state index contributed by atoms with van der Waals surface area (Å²) in [6.07, 6.45) is 2.14. The molecular weight excluding hydrogens is 521 g/mol. The molecule has 2 aliphatic rings. The summed E-state index contributed by atoms with van der Waals surface area (Å²) in [5, 5.41) is 4.19. The molecule has 2 fully saturated rings. The van der Waals surface area contributed by atoms with Gasteiger partial charge in [0, 0.05) is 29.9 Å². The summed E-state index contributed by atoms with van der Waals surface area (Å²) in [5.41, 5.74) is -0.417. The second-order valence-electron chi connectivity index (χ2n) is 9.17. The summed E-state index contributed by atoms with van der Waals surface area (Å²) < 4.78 is 72.2. The molecule has 2 amide bonds. The van der Waals surface area contributed by atoms with E-state index in [1.54, 1.807) is 0 Å². The maximum absolute atomic E-state index is 13.7. The molecule has 7 nitrogen and oxygen atoms in total.